The molecule has 13 heteroatoms. The highest BCUT2D eigenvalue weighted by molar-refractivity contribution is 6.39. The molecule has 3 N–H and O–H groups in total. The van der Waals surface area contributed by atoms with Gasteiger partial charge in [-0.2, -0.15) is 13.2 Å². The van der Waals surface area contributed by atoms with Gasteiger partial charge in [0, 0.05) is 38.4 Å². The van der Waals surface area contributed by atoms with Crippen molar-refractivity contribution in [3.8, 4) is 0 Å². The fraction of sp³-hybridized carbons (Fsp3) is 0.375. The van der Waals surface area contributed by atoms with Crippen LogP contribution in [0.5, 0.6) is 0 Å². The largest absolute Gasteiger partial charge is 0.490 e. The number of likely N-dealkylation sites (tertiary alicyclic amines) is 1. The number of aliphatic carboxylic acids is 1. The molecule has 2 aliphatic rings. The van der Waals surface area contributed by atoms with E-state index in [9.17, 15) is 22.8 Å². The number of benzene rings is 1. The Morgan fingerprint density at radius 3 is 2.38 bits per heavy atom. The Kier molecular flexibility index (Phi) is 9.04. The van der Waals surface area contributed by atoms with Crippen molar-refractivity contribution in [1.29, 1.82) is 0 Å². The number of carboxylic acid groups (broad SMARTS) is 1. The van der Waals surface area contributed by atoms with E-state index in [-0.39, 0.29) is 11.9 Å². The number of halogens is 3. The Morgan fingerprint density at radius 2 is 1.73 bits per heavy atom. The van der Waals surface area contributed by atoms with Gasteiger partial charge in [-0.05, 0) is 30.0 Å². The van der Waals surface area contributed by atoms with Crippen molar-refractivity contribution in [2.75, 3.05) is 13.1 Å². The van der Waals surface area contributed by atoms with Crippen LogP contribution in [0.15, 0.2) is 60.0 Å². The van der Waals surface area contributed by atoms with E-state index in [4.69, 9.17) is 14.7 Å². The number of hydrogen-bond donors (Lipinski definition) is 3. The first-order valence-electron chi connectivity index (χ1n) is 11.4. The average molecular weight is 521 g/mol. The van der Waals surface area contributed by atoms with Gasteiger partial charge in [-0.3, -0.25) is 9.78 Å². The van der Waals surface area contributed by atoms with Crippen LogP contribution in [0.3, 0.4) is 0 Å². The fourth-order valence-corrected chi connectivity index (χ4v) is 3.81. The van der Waals surface area contributed by atoms with Gasteiger partial charge < -0.3 is 25.5 Å². The first-order chi connectivity index (χ1) is 17.6. The number of nitrogens with zero attached hydrogens (tertiary/aromatic N) is 3. The maximum absolute atomic E-state index is 12.6. The van der Waals surface area contributed by atoms with Gasteiger partial charge >= 0.3 is 18.2 Å². The molecule has 0 saturated carbocycles. The molecule has 1 unspecified atom stereocenters. The van der Waals surface area contributed by atoms with Gasteiger partial charge in [-0.1, -0.05) is 41.6 Å². The summed E-state index contributed by atoms with van der Waals surface area (Å²) < 4.78 is 31.7. The molecule has 0 bridgehead atoms. The number of hydrogen-bond acceptors (Lipinski definition) is 6. The molecule has 0 radical (unpaired) electrons. The van der Waals surface area contributed by atoms with E-state index in [0.29, 0.717) is 38.3 Å². The topological polar surface area (TPSA) is 133 Å². The lowest BCUT2D eigenvalue weighted by molar-refractivity contribution is -0.192. The molecule has 198 valence electrons. The van der Waals surface area contributed by atoms with Crippen molar-refractivity contribution < 1.29 is 37.5 Å². The quantitative estimate of drug-likeness (QED) is 0.554. The molecule has 1 aromatic heterocycles. The zero-order valence-electron chi connectivity index (χ0n) is 19.7. The Balaban J connectivity index is 0.000000479. The van der Waals surface area contributed by atoms with Crippen LogP contribution in [0.1, 0.15) is 30.4 Å². The minimum atomic E-state index is -5.08. The molecule has 3 amide bonds. The molecular formula is C24H26F3N5O5. The van der Waals surface area contributed by atoms with Crippen LogP contribution in [0.2, 0.25) is 0 Å². The van der Waals surface area contributed by atoms with Crippen LogP contribution < -0.4 is 10.6 Å². The van der Waals surface area contributed by atoms with Crippen LogP contribution in [0.25, 0.3) is 0 Å². The van der Waals surface area contributed by atoms with E-state index in [1.165, 1.54) is 0 Å². The SMILES string of the molecule is O=C(NCc1cccnc1)C1=NOC2(CCCN(C(=O)NCc3ccccc3)C2)C1.O=C(O)C(F)(F)F. The van der Waals surface area contributed by atoms with Crippen LogP contribution >= 0.6 is 0 Å². The average Bonchev–Trinajstić information content (AvgIpc) is 3.29. The molecule has 10 nitrogen and oxygen atoms in total. The number of oxime groups is 1. The molecule has 2 aliphatic heterocycles. The second-order valence-electron chi connectivity index (χ2n) is 8.51. The lowest BCUT2D eigenvalue weighted by Crippen LogP contribution is -2.53. The van der Waals surface area contributed by atoms with E-state index in [0.717, 1.165) is 24.0 Å². The van der Waals surface area contributed by atoms with Crippen molar-refractivity contribution in [3.05, 3.63) is 66.0 Å². The Bertz CT molecular complexity index is 1110. The maximum atomic E-state index is 12.6. The van der Waals surface area contributed by atoms with Gasteiger partial charge in [0.05, 0.1) is 6.54 Å². The van der Waals surface area contributed by atoms with Gasteiger partial charge in [-0.25, -0.2) is 9.59 Å². The number of carbonyl (C=O) groups excluding carboxylic acids is 2. The molecule has 0 aliphatic carbocycles. The molecule has 1 saturated heterocycles. The van der Waals surface area contributed by atoms with Crippen molar-refractivity contribution in [2.24, 2.45) is 5.16 Å². The normalized spacial score (nSPS) is 18.7. The molecular weight excluding hydrogens is 495 g/mol. The Labute approximate surface area is 210 Å². The van der Waals surface area contributed by atoms with E-state index in [1.54, 1.807) is 17.3 Å². The first-order valence-corrected chi connectivity index (χ1v) is 11.4. The van der Waals surface area contributed by atoms with Gasteiger partial charge in [0.1, 0.15) is 5.71 Å². The van der Waals surface area contributed by atoms with E-state index < -0.39 is 17.7 Å². The number of carboxylic acids is 1. The lowest BCUT2D eigenvalue weighted by atomic mass is 9.88. The van der Waals surface area contributed by atoms with Crippen LogP contribution in [0.4, 0.5) is 18.0 Å². The number of amides is 3. The van der Waals surface area contributed by atoms with E-state index in [2.05, 4.69) is 20.8 Å². The summed E-state index contributed by atoms with van der Waals surface area (Å²) in [7, 11) is 0. The summed E-state index contributed by atoms with van der Waals surface area (Å²) in [6.07, 6.45) is 0.280. The van der Waals surface area contributed by atoms with E-state index >= 15 is 0 Å². The minimum Gasteiger partial charge on any atom is -0.475 e. The number of aromatic nitrogens is 1. The van der Waals surface area contributed by atoms with Crippen molar-refractivity contribution in [3.63, 3.8) is 0 Å². The molecule has 2 aromatic rings. The standard InChI is InChI=1S/C22H25N5O3.C2HF3O2/c28-20(24-15-18-8-4-10-23-13-18)19-12-22(30-26-19)9-5-11-27(16-22)21(29)25-14-17-6-2-1-3-7-17;3-2(4,5)1(6)7/h1-4,6-8,10,13H,5,9,11-12,14-16H2,(H,24,28)(H,25,29);(H,6,7). The molecule has 1 aromatic carbocycles. The smallest absolute Gasteiger partial charge is 0.475 e. The summed E-state index contributed by atoms with van der Waals surface area (Å²) in [5.41, 5.74) is 1.71. The number of rotatable bonds is 5. The number of carbonyl (C=O) groups is 3. The second kappa shape index (κ2) is 12.2. The molecule has 3 heterocycles. The number of nitrogens with one attached hydrogen (secondary N) is 2. The highest BCUT2D eigenvalue weighted by Gasteiger charge is 2.45. The minimum absolute atomic E-state index is 0.129. The fourth-order valence-electron chi connectivity index (χ4n) is 3.81. The highest BCUT2D eigenvalue weighted by atomic mass is 19.4. The second-order valence-corrected chi connectivity index (χ2v) is 8.51. The monoisotopic (exact) mass is 521 g/mol. The molecule has 1 atom stereocenters. The van der Waals surface area contributed by atoms with Gasteiger partial charge in [0.15, 0.2) is 5.60 Å². The third-order valence-corrected chi connectivity index (χ3v) is 5.63. The number of piperidine rings is 1. The third-order valence-electron chi connectivity index (χ3n) is 5.63. The predicted molar refractivity (Wildman–Crippen MR) is 125 cm³/mol. The number of alkyl halides is 3. The number of pyridine rings is 1. The van der Waals surface area contributed by atoms with E-state index in [1.807, 2.05) is 42.5 Å². The van der Waals surface area contributed by atoms with Crippen molar-refractivity contribution in [2.45, 2.75) is 44.1 Å². The summed E-state index contributed by atoms with van der Waals surface area (Å²) in [4.78, 5) is 45.5. The van der Waals surface area contributed by atoms with Gasteiger partial charge in [0.25, 0.3) is 5.91 Å². The van der Waals surface area contributed by atoms with Crippen LogP contribution in [0, 0.1) is 0 Å². The molecule has 4 rings (SSSR count). The lowest BCUT2D eigenvalue weighted by Gasteiger charge is -2.38. The Hall–Kier alpha value is -4.16. The maximum Gasteiger partial charge on any atom is 0.490 e. The van der Waals surface area contributed by atoms with Gasteiger partial charge in [-0.15, -0.1) is 0 Å². The van der Waals surface area contributed by atoms with Gasteiger partial charge in [0.2, 0.25) is 0 Å². The van der Waals surface area contributed by atoms with Crippen LogP contribution in [-0.2, 0) is 27.5 Å². The Morgan fingerprint density at radius 1 is 1.05 bits per heavy atom. The highest BCUT2D eigenvalue weighted by Crippen LogP contribution is 2.33. The van der Waals surface area contributed by atoms with Crippen molar-refractivity contribution in [1.82, 2.24) is 20.5 Å². The summed E-state index contributed by atoms with van der Waals surface area (Å²) >= 11 is 0. The molecule has 37 heavy (non-hydrogen) atoms. The molecule has 1 spiro atoms. The number of urea groups is 1. The van der Waals surface area contributed by atoms with Crippen molar-refractivity contribution >= 4 is 23.6 Å². The zero-order chi connectivity index (χ0) is 26.9. The molecule has 1 fully saturated rings. The summed E-state index contributed by atoms with van der Waals surface area (Å²) in [5.74, 6) is -3.01. The van der Waals surface area contributed by atoms with Crippen LogP contribution in [-0.4, -0.2) is 63.5 Å². The third kappa shape index (κ3) is 8.19. The summed E-state index contributed by atoms with van der Waals surface area (Å²) in [6.45, 7) is 1.93. The predicted octanol–water partition coefficient (Wildman–Crippen LogP) is 2.85. The summed E-state index contributed by atoms with van der Waals surface area (Å²) in [5, 5.41) is 17.0. The first kappa shape index (κ1) is 27.4. The summed E-state index contributed by atoms with van der Waals surface area (Å²) in [6, 6.07) is 13.4. The zero-order valence-corrected chi connectivity index (χ0v) is 19.7.